The Labute approximate surface area is 117 Å². The molecule has 3 nitrogen and oxygen atoms in total. The fourth-order valence-corrected chi connectivity index (χ4v) is 2.29. The van der Waals surface area contributed by atoms with E-state index in [0.29, 0.717) is 16.5 Å². The maximum Gasteiger partial charge on any atom is 0.405 e. The zero-order chi connectivity index (χ0) is 13.5. The van der Waals surface area contributed by atoms with Crippen LogP contribution in [0.3, 0.4) is 0 Å². The van der Waals surface area contributed by atoms with Gasteiger partial charge in [0.05, 0.1) is 0 Å². The number of carbonyl (C=O) groups is 1. The van der Waals surface area contributed by atoms with Crippen molar-refractivity contribution in [2.24, 2.45) is 5.73 Å². The summed E-state index contributed by atoms with van der Waals surface area (Å²) in [7, 11) is 0. The smallest absolute Gasteiger partial charge is 0.405 e. The Bertz CT molecular complexity index is 410. The lowest BCUT2D eigenvalue weighted by atomic mass is 10.0. The Kier molecular flexibility index (Phi) is 6.30. The minimum Gasteiger partial charge on any atom is -0.441 e. The average molecular weight is 290 g/mol. The zero-order valence-electron chi connectivity index (χ0n) is 10.3. The van der Waals surface area contributed by atoms with E-state index in [9.17, 15) is 4.79 Å². The highest BCUT2D eigenvalue weighted by atomic mass is 35.5. The largest absolute Gasteiger partial charge is 0.441 e. The van der Waals surface area contributed by atoms with E-state index in [0.717, 1.165) is 24.8 Å². The van der Waals surface area contributed by atoms with Crippen LogP contribution in [-0.4, -0.2) is 6.09 Å². The minimum atomic E-state index is -0.789. The number of carbonyl (C=O) groups excluding carboxylic acids is 1. The van der Waals surface area contributed by atoms with E-state index in [1.807, 2.05) is 0 Å². The number of nitrogens with two attached hydrogens (primary N) is 1. The lowest BCUT2D eigenvalue weighted by Gasteiger charge is -2.18. The minimum absolute atomic E-state index is 0.404. The van der Waals surface area contributed by atoms with Gasteiger partial charge in [-0.1, -0.05) is 49.0 Å². The summed E-state index contributed by atoms with van der Waals surface area (Å²) in [6.07, 6.45) is 2.63. The Morgan fingerprint density at radius 2 is 2.11 bits per heavy atom. The van der Waals surface area contributed by atoms with E-state index in [1.165, 1.54) is 0 Å². The number of halogens is 2. The van der Waals surface area contributed by atoms with Crippen LogP contribution in [0, 0.1) is 0 Å². The Hall–Kier alpha value is -0.930. The van der Waals surface area contributed by atoms with Gasteiger partial charge in [0, 0.05) is 15.6 Å². The molecule has 0 aliphatic heterocycles. The predicted molar refractivity (Wildman–Crippen MR) is 74.0 cm³/mol. The summed E-state index contributed by atoms with van der Waals surface area (Å²) in [6, 6.07) is 5.12. The van der Waals surface area contributed by atoms with Gasteiger partial charge >= 0.3 is 6.09 Å². The Morgan fingerprint density at radius 3 is 2.67 bits per heavy atom. The second-order valence-electron chi connectivity index (χ2n) is 4.09. The summed E-state index contributed by atoms with van der Waals surface area (Å²) >= 11 is 11.9. The SMILES string of the molecule is CCCCC[C@@H](OC(N)=O)c1ccc(Cl)cc1Cl. The summed E-state index contributed by atoms with van der Waals surface area (Å²) in [5, 5.41) is 1.04. The van der Waals surface area contributed by atoms with Gasteiger partial charge in [0.2, 0.25) is 0 Å². The number of amides is 1. The third-order valence-corrected chi connectivity index (χ3v) is 3.20. The van der Waals surface area contributed by atoms with Crippen molar-refractivity contribution in [2.75, 3.05) is 0 Å². The number of benzene rings is 1. The number of hydrogen-bond acceptors (Lipinski definition) is 2. The van der Waals surface area contributed by atoms with Gasteiger partial charge in [0.1, 0.15) is 6.10 Å². The first-order chi connectivity index (χ1) is 8.54. The van der Waals surface area contributed by atoms with Crippen LogP contribution in [0.5, 0.6) is 0 Å². The molecule has 2 N–H and O–H groups in total. The van der Waals surface area contributed by atoms with E-state index >= 15 is 0 Å². The van der Waals surface area contributed by atoms with Gasteiger partial charge in [-0.15, -0.1) is 0 Å². The van der Waals surface area contributed by atoms with E-state index in [4.69, 9.17) is 33.7 Å². The van der Waals surface area contributed by atoms with Gasteiger partial charge in [0.25, 0.3) is 0 Å². The standard InChI is InChI=1S/C13H17Cl2NO2/c1-2-3-4-5-12(18-13(16)17)10-7-6-9(14)8-11(10)15/h6-8,12H,2-5H2,1H3,(H2,16,17)/t12-/m1/s1. The third kappa shape index (κ3) is 4.75. The first-order valence-electron chi connectivity index (χ1n) is 5.95. The molecule has 100 valence electrons. The Morgan fingerprint density at radius 1 is 1.39 bits per heavy atom. The molecular weight excluding hydrogens is 273 g/mol. The fraction of sp³-hybridized carbons (Fsp3) is 0.462. The van der Waals surface area contributed by atoms with Crippen molar-refractivity contribution in [1.82, 2.24) is 0 Å². The van der Waals surface area contributed by atoms with Crippen LogP contribution in [0.25, 0.3) is 0 Å². The van der Waals surface area contributed by atoms with Gasteiger partial charge in [-0.3, -0.25) is 0 Å². The van der Waals surface area contributed by atoms with Crippen molar-refractivity contribution in [1.29, 1.82) is 0 Å². The molecule has 0 aliphatic carbocycles. The molecule has 1 aromatic carbocycles. The molecule has 0 spiro atoms. The second kappa shape index (κ2) is 7.49. The molecule has 1 amide bonds. The lowest BCUT2D eigenvalue weighted by molar-refractivity contribution is 0.0995. The van der Waals surface area contributed by atoms with Crippen LogP contribution in [0.1, 0.15) is 44.3 Å². The zero-order valence-corrected chi connectivity index (χ0v) is 11.8. The summed E-state index contributed by atoms with van der Waals surface area (Å²) < 4.78 is 5.11. The van der Waals surface area contributed by atoms with Gasteiger partial charge in [-0.2, -0.15) is 0 Å². The molecule has 0 aromatic heterocycles. The average Bonchev–Trinajstić information content (AvgIpc) is 2.27. The maximum atomic E-state index is 10.9. The summed E-state index contributed by atoms with van der Waals surface area (Å²) in [4.78, 5) is 10.9. The van der Waals surface area contributed by atoms with Crippen LogP contribution < -0.4 is 5.73 Å². The van der Waals surface area contributed by atoms with E-state index in [1.54, 1.807) is 18.2 Å². The topological polar surface area (TPSA) is 52.3 Å². The van der Waals surface area contributed by atoms with E-state index in [2.05, 4.69) is 6.92 Å². The highest BCUT2D eigenvalue weighted by Gasteiger charge is 2.18. The molecule has 0 unspecified atom stereocenters. The van der Waals surface area contributed by atoms with Crippen LogP contribution in [0.4, 0.5) is 4.79 Å². The predicted octanol–water partition coefficient (Wildman–Crippen LogP) is 4.71. The highest BCUT2D eigenvalue weighted by molar-refractivity contribution is 6.35. The molecule has 1 rings (SSSR count). The molecule has 0 saturated heterocycles. The first-order valence-corrected chi connectivity index (χ1v) is 6.71. The number of hydrogen-bond donors (Lipinski definition) is 1. The van der Waals surface area contributed by atoms with Crippen LogP contribution >= 0.6 is 23.2 Å². The molecule has 0 heterocycles. The van der Waals surface area contributed by atoms with Crippen molar-refractivity contribution in [3.63, 3.8) is 0 Å². The molecule has 5 heteroatoms. The molecule has 18 heavy (non-hydrogen) atoms. The summed E-state index contributed by atoms with van der Waals surface area (Å²) in [6.45, 7) is 2.11. The van der Waals surface area contributed by atoms with Crippen LogP contribution in [0.2, 0.25) is 10.0 Å². The van der Waals surface area contributed by atoms with Crippen LogP contribution in [-0.2, 0) is 4.74 Å². The van der Waals surface area contributed by atoms with Gasteiger partial charge in [-0.05, 0) is 25.0 Å². The van der Waals surface area contributed by atoms with Gasteiger partial charge in [0.15, 0.2) is 0 Å². The quantitative estimate of drug-likeness (QED) is 0.771. The third-order valence-electron chi connectivity index (χ3n) is 2.64. The van der Waals surface area contributed by atoms with Crippen molar-refractivity contribution >= 4 is 29.3 Å². The van der Waals surface area contributed by atoms with Crippen LogP contribution in [0.15, 0.2) is 18.2 Å². The van der Waals surface area contributed by atoms with Crippen molar-refractivity contribution in [3.8, 4) is 0 Å². The van der Waals surface area contributed by atoms with Crippen molar-refractivity contribution < 1.29 is 9.53 Å². The normalized spacial score (nSPS) is 12.2. The van der Waals surface area contributed by atoms with Gasteiger partial charge in [-0.25, -0.2) is 4.79 Å². The summed E-state index contributed by atoms with van der Waals surface area (Å²) in [5.41, 5.74) is 5.83. The second-order valence-corrected chi connectivity index (χ2v) is 4.93. The fourth-order valence-electron chi connectivity index (χ4n) is 1.76. The van der Waals surface area contributed by atoms with Crippen molar-refractivity contribution in [3.05, 3.63) is 33.8 Å². The van der Waals surface area contributed by atoms with E-state index < -0.39 is 12.2 Å². The molecule has 0 saturated carbocycles. The summed E-state index contributed by atoms with van der Waals surface area (Å²) in [5.74, 6) is 0. The van der Waals surface area contributed by atoms with Gasteiger partial charge < -0.3 is 10.5 Å². The molecule has 0 aliphatic rings. The number of rotatable bonds is 6. The highest BCUT2D eigenvalue weighted by Crippen LogP contribution is 2.31. The number of primary amides is 1. The van der Waals surface area contributed by atoms with Crippen molar-refractivity contribution in [2.45, 2.75) is 38.7 Å². The molecule has 0 fully saturated rings. The maximum absolute atomic E-state index is 10.9. The lowest BCUT2D eigenvalue weighted by Crippen LogP contribution is -2.17. The number of unbranched alkanes of at least 4 members (excludes halogenated alkanes) is 2. The Balaban J connectivity index is 2.83. The number of ether oxygens (including phenoxy) is 1. The molecule has 1 atom stereocenters. The molecule has 0 bridgehead atoms. The van der Waals surface area contributed by atoms with E-state index in [-0.39, 0.29) is 0 Å². The molecule has 1 aromatic rings. The monoisotopic (exact) mass is 289 g/mol. The first kappa shape index (κ1) is 15.1. The molecule has 0 radical (unpaired) electrons. The molecular formula is C13H17Cl2NO2.